The van der Waals surface area contributed by atoms with Gasteiger partial charge < -0.3 is 14.5 Å². The van der Waals surface area contributed by atoms with Crippen molar-refractivity contribution in [3.05, 3.63) is 39.7 Å². The smallest absolute Gasteiger partial charge is 0.373 e. The molecule has 0 aromatic carbocycles. The van der Waals surface area contributed by atoms with E-state index in [1.807, 2.05) is 13.1 Å². The molecular weight excluding hydrogens is 252 g/mol. The van der Waals surface area contributed by atoms with Crippen molar-refractivity contribution in [2.75, 3.05) is 7.11 Å². The number of aromatic nitrogens is 1. The van der Waals surface area contributed by atoms with Gasteiger partial charge in [0.25, 0.3) is 0 Å². The minimum atomic E-state index is -0.461. The number of nitrogens with zero attached hydrogens (tertiary/aromatic N) is 1. The summed E-state index contributed by atoms with van der Waals surface area (Å²) in [5.74, 6) is 0.458. The molecule has 18 heavy (non-hydrogen) atoms. The lowest BCUT2D eigenvalue weighted by Crippen LogP contribution is -2.11. The summed E-state index contributed by atoms with van der Waals surface area (Å²) < 4.78 is 9.89. The van der Waals surface area contributed by atoms with E-state index < -0.39 is 5.97 Å². The van der Waals surface area contributed by atoms with E-state index in [1.165, 1.54) is 12.0 Å². The van der Waals surface area contributed by atoms with E-state index in [1.54, 1.807) is 23.5 Å². The molecule has 1 N–H and O–H groups in total. The summed E-state index contributed by atoms with van der Waals surface area (Å²) in [6.45, 7) is 3.26. The lowest BCUT2D eigenvalue weighted by Gasteiger charge is -1.99. The molecule has 0 atom stereocenters. The molecule has 2 rings (SSSR count). The van der Waals surface area contributed by atoms with Crippen LogP contribution in [0.4, 0.5) is 0 Å². The molecule has 2 aromatic heterocycles. The molecule has 0 bridgehead atoms. The molecule has 0 aliphatic heterocycles. The number of rotatable bonds is 5. The van der Waals surface area contributed by atoms with Crippen LogP contribution in [0.3, 0.4) is 0 Å². The third-order valence-corrected chi connectivity index (χ3v) is 3.21. The Kier molecular flexibility index (Phi) is 4.11. The van der Waals surface area contributed by atoms with Crippen molar-refractivity contribution in [1.82, 2.24) is 10.3 Å². The van der Waals surface area contributed by atoms with Crippen molar-refractivity contribution >= 4 is 17.3 Å². The van der Waals surface area contributed by atoms with Crippen LogP contribution in [-0.4, -0.2) is 18.1 Å². The maximum atomic E-state index is 11.2. The Balaban J connectivity index is 1.83. The predicted octanol–water partition coefficient (Wildman–Crippen LogP) is 2.12. The molecule has 96 valence electrons. The van der Waals surface area contributed by atoms with Gasteiger partial charge in [0.2, 0.25) is 5.76 Å². The van der Waals surface area contributed by atoms with E-state index in [9.17, 15) is 4.79 Å². The van der Waals surface area contributed by atoms with Gasteiger partial charge in [0.15, 0.2) is 0 Å². The summed E-state index contributed by atoms with van der Waals surface area (Å²) in [4.78, 5) is 16.6. The SMILES string of the molecule is COC(=O)c1ccc(CNCc2ncc(C)s2)o1. The number of hydrogen-bond acceptors (Lipinski definition) is 6. The molecule has 2 heterocycles. The average Bonchev–Trinajstić information content (AvgIpc) is 2.98. The zero-order chi connectivity index (χ0) is 13.0. The van der Waals surface area contributed by atoms with Crippen LogP contribution in [0, 0.1) is 6.92 Å². The first-order valence-electron chi connectivity index (χ1n) is 5.48. The number of thiazole rings is 1. The Labute approximate surface area is 109 Å². The summed E-state index contributed by atoms with van der Waals surface area (Å²) in [6.07, 6.45) is 1.85. The minimum absolute atomic E-state index is 0.222. The molecule has 5 nitrogen and oxygen atoms in total. The number of carbonyl (C=O) groups is 1. The number of esters is 1. The molecule has 0 amide bonds. The Morgan fingerprint density at radius 1 is 1.50 bits per heavy atom. The van der Waals surface area contributed by atoms with Crippen molar-refractivity contribution in [1.29, 1.82) is 0 Å². The molecule has 2 aromatic rings. The first-order chi connectivity index (χ1) is 8.69. The lowest BCUT2D eigenvalue weighted by molar-refractivity contribution is 0.0563. The van der Waals surface area contributed by atoms with Gasteiger partial charge in [-0.1, -0.05) is 0 Å². The van der Waals surface area contributed by atoms with E-state index in [2.05, 4.69) is 15.0 Å². The van der Waals surface area contributed by atoms with Gasteiger partial charge in [-0.05, 0) is 19.1 Å². The summed E-state index contributed by atoms with van der Waals surface area (Å²) in [6, 6.07) is 3.36. The molecule has 0 spiro atoms. The van der Waals surface area contributed by atoms with Crippen molar-refractivity contribution in [2.45, 2.75) is 20.0 Å². The van der Waals surface area contributed by atoms with Gasteiger partial charge in [0.05, 0.1) is 13.7 Å². The summed E-state index contributed by atoms with van der Waals surface area (Å²) in [5, 5.41) is 4.24. The van der Waals surface area contributed by atoms with E-state index in [-0.39, 0.29) is 5.76 Å². The fraction of sp³-hybridized carbons (Fsp3) is 0.333. The minimum Gasteiger partial charge on any atom is -0.463 e. The summed E-state index contributed by atoms with van der Waals surface area (Å²) in [5.41, 5.74) is 0. The fourth-order valence-corrected chi connectivity index (χ4v) is 2.22. The highest BCUT2D eigenvalue weighted by molar-refractivity contribution is 7.11. The topological polar surface area (TPSA) is 64.4 Å². The Morgan fingerprint density at radius 3 is 3.00 bits per heavy atom. The van der Waals surface area contributed by atoms with Crippen LogP contribution in [0.2, 0.25) is 0 Å². The molecule has 0 aliphatic carbocycles. The Hall–Kier alpha value is -1.66. The van der Waals surface area contributed by atoms with Crippen molar-refractivity contribution in [3.63, 3.8) is 0 Å². The molecule has 0 radical (unpaired) electrons. The monoisotopic (exact) mass is 266 g/mol. The van der Waals surface area contributed by atoms with Gasteiger partial charge in [0, 0.05) is 17.6 Å². The quantitative estimate of drug-likeness (QED) is 0.840. The van der Waals surface area contributed by atoms with Gasteiger partial charge in [-0.2, -0.15) is 0 Å². The van der Waals surface area contributed by atoms with Crippen molar-refractivity contribution in [3.8, 4) is 0 Å². The summed E-state index contributed by atoms with van der Waals surface area (Å²) >= 11 is 1.66. The molecular formula is C12H14N2O3S. The Bertz CT molecular complexity index is 533. The van der Waals surface area contributed by atoms with E-state index >= 15 is 0 Å². The van der Waals surface area contributed by atoms with Crippen LogP contribution in [0.5, 0.6) is 0 Å². The number of furan rings is 1. The number of ether oxygens (including phenoxy) is 1. The van der Waals surface area contributed by atoms with Crippen molar-refractivity contribution < 1.29 is 13.9 Å². The number of carbonyl (C=O) groups excluding carboxylic acids is 1. The fourth-order valence-electron chi connectivity index (χ4n) is 1.46. The third-order valence-electron chi connectivity index (χ3n) is 2.29. The first-order valence-corrected chi connectivity index (χ1v) is 6.29. The third kappa shape index (κ3) is 3.18. The second-order valence-electron chi connectivity index (χ2n) is 3.73. The van der Waals surface area contributed by atoms with Crippen LogP contribution in [0.15, 0.2) is 22.7 Å². The zero-order valence-corrected chi connectivity index (χ0v) is 11.0. The van der Waals surface area contributed by atoms with Crippen LogP contribution < -0.4 is 5.32 Å². The summed E-state index contributed by atoms with van der Waals surface area (Å²) in [7, 11) is 1.33. The molecule has 0 saturated carbocycles. The molecule has 0 fully saturated rings. The zero-order valence-electron chi connectivity index (χ0n) is 10.2. The first kappa shape index (κ1) is 12.8. The normalized spacial score (nSPS) is 10.6. The largest absolute Gasteiger partial charge is 0.463 e. The number of aryl methyl sites for hydroxylation is 1. The predicted molar refractivity (Wildman–Crippen MR) is 67.4 cm³/mol. The number of methoxy groups -OCH3 is 1. The number of nitrogens with one attached hydrogen (secondary N) is 1. The molecule has 0 unspecified atom stereocenters. The van der Waals surface area contributed by atoms with Crippen LogP contribution in [0.1, 0.15) is 26.2 Å². The molecule has 0 aliphatic rings. The van der Waals surface area contributed by atoms with Crippen LogP contribution >= 0.6 is 11.3 Å². The molecule has 6 heteroatoms. The average molecular weight is 266 g/mol. The highest BCUT2D eigenvalue weighted by Gasteiger charge is 2.10. The van der Waals surface area contributed by atoms with Gasteiger partial charge in [-0.25, -0.2) is 9.78 Å². The van der Waals surface area contributed by atoms with Crippen LogP contribution in [-0.2, 0) is 17.8 Å². The van der Waals surface area contributed by atoms with Crippen LogP contribution in [0.25, 0.3) is 0 Å². The second kappa shape index (κ2) is 5.79. The van der Waals surface area contributed by atoms with Gasteiger partial charge >= 0.3 is 5.97 Å². The highest BCUT2D eigenvalue weighted by Crippen LogP contribution is 2.12. The maximum Gasteiger partial charge on any atom is 0.373 e. The maximum absolute atomic E-state index is 11.2. The van der Waals surface area contributed by atoms with Gasteiger partial charge in [0.1, 0.15) is 10.8 Å². The highest BCUT2D eigenvalue weighted by atomic mass is 32.1. The second-order valence-corrected chi connectivity index (χ2v) is 5.05. The number of hydrogen-bond donors (Lipinski definition) is 1. The standard InChI is InChI=1S/C12H14N2O3S/c1-8-5-14-11(18-8)7-13-6-9-3-4-10(17-9)12(15)16-2/h3-5,13H,6-7H2,1-2H3. The Morgan fingerprint density at radius 2 is 2.33 bits per heavy atom. The van der Waals surface area contributed by atoms with E-state index in [4.69, 9.17) is 4.42 Å². The lowest BCUT2D eigenvalue weighted by atomic mass is 10.4. The van der Waals surface area contributed by atoms with E-state index in [0.717, 1.165) is 5.01 Å². The van der Waals surface area contributed by atoms with Crippen molar-refractivity contribution in [2.24, 2.45) is 0 Å². The van der Waals surface area contributed by atoms with Gasteiger partial charge in [-0.3, -0.25) is 0 Å². The molecule has 0 saturated heterocycles. The van der Waals surface area contributed by atoms with E-state index in [0.29, 0.717) is 18.8 Å². The van der Waals surface area contributed by atoms with Gasteiger partial charge in [-0.15, -0.1) is 11.3 Å².